The number of ether oxygens (including phenoxy) is 1. The molecule has 0 atom stereocenters. The van der Waals surface area contributed by atoms with Crippen LogP contribution in [0.3, 0.4) is 0 Å². The van der Waals surface area contributed by atoms with E-state index in [4.69, 9.17) is 21.2 Å². The smallest absolute Gasteiger partial charge is 0.288 e. The van der Waals surface area contributed by atoms with Gasteiger partial charge in [-0.1, -0.05) is 17.7 Å². The Morgan fingerprint density at radius 1 is 1.50 bits per heavy atom. The van der Waals surface area contributed by atoms with Gasteiger partial charge in [0.25, 0.3) is 11.6 Å². The Balaban J connectivity index is 2.74. The number of halogens is 1. The lowest BCUT2D eigenvalue weighted by molar-refractivity contribution is -0.384. The first kappa shape index (κ1) is 14.4. The van der Waals surface area contributed by atoms with Crippen LogP contribution in [0, 0.1) is 10.1 Å². The number of nitrogens with zero attached hydrogens (tertiary/aromatic N) is 1. The second kappa shape index (κ2) is 6.90. The highest BCUT2D eigenvalue weighted by Crippen LogP contribution is 2.27. The molecular weight excluding hydrogens is 264 g/mol. The van der Waals surface area contributed by atoms with E-state index in [-0.39, 0.29) is 22.9 Å². The number of nitro benzene ring substituents is 1. The Morgan fingerprint density at radius 2 is 2.22 bits per heavy atom. The number of benzene rings is 1. The molecule has 1 N–H and O–H groups in total. The van der Waals surface area contributed by atoms with Gasteiger partial charge < -0.3 is 4.74 Å². The van der Waals surface area contributed by atoms with Gasteiger partial charge in [0.15, 0.2) is 0 Å². The van der Waals surface area contributed by atoms with Gasteiger partial charge in [0.2, 0.25) is 0 Å². The van der Waals surface area contributed by atoms with Crippen LogP contribution in [0.1, 0.15) is 10.4 Å². The summed E-state index contributed by atoms with van der Waals surface area (Å²) in [6.45, 7) is 0.470. The molecule has 7 nitrogen and oxygen atoms in total. The maximum absolute atomic E-state index is 11.6. The van der Waals surface area contributed by atoms with Crippen molar-refractivity contribution in [2.24, 2.45) is 0 Å². The highest BCUT2D eigenvalue weighted by atomic mass is 35.5. The summed E-state index contributed by atoms with van der Waals surface area (Å²) in [4.78, 5) is 26.4. The molecule has 0 bridgehead atoms. The van der Waals surface area contributed by atoms with Crippen molar-refractivity contribution in [3.8, 4) is 0 Å². The summed E-state index contributed by atoms with van der Waals surface area (Å²) < 4.78 is 4.71. The SMILES string of the molecule is COCCONC(=O)c1cccc([N+](=O)[O-])c1Cl. The van der Waals surface area contributed by atoms with Crippen LogP contribution in [0.4, 0.5) is 5.69 Å². The van der Waals surface area contributed by atoms with Gasteiger partial charge in [-0.05, 0) is 6.07 Å². The first-order chi connectivity index (χ1) is 8.57. The lowest BCUT2D eigenvalue weighted by Crippen LogP contribution is -2.25. The van der Waals surface area contributed by atoms with E-state index >= 15 is 0 Å². The van der Waals surface area contributed by atoms with Crippen molar-refractivity contribution in [3.05, 3.63) is 38.9 Å². The van der Waals surface area contributed by atoms with E-state index in [0.717, 1.165) is 0 Å². The number of nitrogens with one attached hydrogen (secondary N) is 1. The highest BCUT2D eigenvalue weighted by molar-refractivity contribution is 6.35. The predicted molar refractivity (Wildman–Crippen MR) is 63.4 cm³/mol. The minimum atomic E-state index is -0.662. The van der Waals surface area contributed by atoms with Crippen LogP contribution in [0.2, 0.25) is 5.02 Å². The lowest BCUT2D eigenvalue weighted by Gasteiger charge is -2.06. The summed E-state index contributed by atoms with van der Waals surface area (Å²) >= 11 is 5.76. The number of hydrogen-bond donors (Lipinski definition) is 1. The fourth-order valence-electron chi connectivity index (χ4n) is 1.13. The van der Waals surface area contributed by atoms with E-state index in [2.05, 4.69) is 5.48 Å². The summed E-state index contributed by atoms with van der Waals surface area (Å²) in [5.74, 6) is -0.653. The van der Waals surface area contributed by atoms with Gasteiger partial charge in [-0.3, -0.25) is 19.7 Å². The van der Waals surface area contributed by atoms with Crippen molar-refractivity contribution in [3.63, 3.8) is 0 Å². The largest absolute Gasteiger partial charge is 0.382 e. The van der Waals surface area contributed by atoms with Gasteiger partial charge >= 0.3 is 0 Å². The summed E-state index contributed by atoms with van der Waals surface area (Å²) in [6, 6.07) is 3.95. The van der Waals surface area contributed by atoms with Crippen molar-refractivity contribution >= 4 is 23.2 Å². The molecule has 0 saturated carbocycles. The molecule has 18 heavy (non-hydrogen) atoms. The molecule has 1 aromatic rings. The minimum Gasteiger partial charge on any atom is -0.382 e. The third kappa shape index (κ3) is 3.66. The fourth-order valence-corrected chi connectivity index (χ4v) is 1.41. The van der Waals surface area contributed by atoms with Crippen LogP contribution < -0.4 is 5.48 Å². The molecule has 1 aromatic carbocycles. The van der Waals surface area contributed by atoms with Crippen LogP contribution in [0.5, 0.6) is 0 Å². The Kier molecular flexibility index (Phi) is 5.50. The summed E-state index contributed by atoms with van der Waals surface area (Å²) in [6.07, 6.45) is 0. The number of carbonyl (C=O) groups is 1. The Morgan fingerprint density at radius 3 is 2.83 bits per heavy atom. The van der Waals surface area contributed by atoms with Crippen molar-refractivity contribution in [2.75, 3.05) is 20.3 Å². The first-order valence-corrected chi connectivity index (χ1v) is 5.29. The Hall–Kier alpha value is -1.70. The van der Waals surface area contributed by atoms with E-state index in [0.29, 0.717) is 6.61 Å². The summed E-state index contributed by atoms with van der Waals surface area (Å²) in [7, 11) is 1.49. The maximum Gasteiger partial charge on any atom is 0.288 e. The normalized spacial score (nSPS) is 10.1. The average molecular weight is 275 g/mol. The maximum atomic E-state index is 11.6. The first-order valence-electron chi connectivity index (χ1n) is 4.92. The number of hydroxylamine groups is 1. The zero-order valence-corrected chi connectivity index (χ0v) is 10.3. The van der Waals surface area contributed by atoms with E-state index in [1.54, 1.807) is 0 Å². The molecule has 0 aliphatic carbocycles. The molecule has 0 heterocycles. The van der Waals surface area contributed by atoms with Crippen LogP contribution in [0.15, 0.2) is 18.2 Å². The third-order valence-electron chi connectivity index (χ3n) is 1.97. The topological polar surface area (TPSA) is 90.7 Å². The fraction of sp³-hybridized carbons (Fsp3) is 0.300. The van der Waals surface area contributed by atoms with E-state index in [1.807, 2.05) is 0 Å². The van der Waals surface area contributed by atoms with E-state index in [9.17, 15) is 14.9 Å². The van der Waals surface area contributed by atoms with Crippen LogP contribution in [0.25, 0.3) is 0 Å². The zero-order valence-electron chi connectivity index (χ0n) is 9.51. The van der Waals surface area contributed by atoms with Gasteiger partial charge in [-0.2, -0.15) is 0 Å². The van der Waals surface area contributed by atoms with Crippen molar-refractivity contribution in [2.45, 2.75) is 0 Å². The minimum absolute atomic E-state index is 0.0247. The number of carbonyl (C=O) groups excluding carboxylic acids is 1. The predicted octanol–water partition coefficient (Wildman–Crippen LogP) is 1.56. The van der Waals surface area contributed by atoms with Gasteiger partial charge in [0, 0.05) is 13.2 Å². The number of rotatable bonds is 6. The monoisotopic (exact) mass is 274 g/mol. The van der Waals surface area contributed by atoms with Crippen molar-refractivity contribution in [1.29, 1.82) is 0 Å². The number of amides is 1. The molecule has 0 fully saturated rings. The Bertz CT molecular complexity index is 452. The van der Waals surface area contributed by atoms with Crippen molar-refractivity contribution < 1.29 is 19.3 Å². The Labute approximate surface area is 108 Å². The third-order valence-corrected chi connectivity index (χ3v) is 2.37. The zero-order chi connectivity index (χ0) is 13.5. The van der Waals surface area contributed by atoms with Crippen LogP contribution >= 0.6 is 11.6 Å². The molecule has 0 saturated heterocycles. The molecule has 0 radical (unpaired) electrons. The van der Waals surface area contributed by atoms with Crippen molar-refractivity contribution in [1.82, 2.24) is 5.48 Å². The molecule has 98 valence electrons. The second-order valence-corrected chi connectivity index (χ2v) is 3.55. The second-order valence-electron chi connectivity index (χ2n) is 3.17. The highest BCUT2D eigenvalue weighted by Gasteiger charge is 2.19. The van der Waals surface area contributed by atoms with Gasteiger partial charge in [-0.25, -0.2) is 5.48 Å². The molecule has 8 heteroatoms. The molecule has 0 aliphatic rings. The average Bonchev–Trinajstić information content (AvgIpc) is 2.34. The quantitative estimate of drug-likeness (QED) is 0.483. The van der Waals surface area contributed by atoms with E-state index < -0.39 is 10.8 Å². The standard InChI is InChI=1S/C10H11ClN2O5/c1-17-5-6-18-12-10(14)7-3-2-4-8(9(7)11)13(15)16/h2-4H,5-6H2,1H3,(H,12,14). The van der Waals surface area contributed by atoms with Gasteiger partial charge in [-0.15, -0.1) is 0 Å². The summed E-state index contributed by atoms with van der Waals surface area (Å²) in [5.41, 5.74) is 1.76. The molecule has 0 aliphatic heterocycles. The van der Waals surface area contributed by atoms with Gasteiger partial charge in [0.1, 0.15) is 5.02 Å². The van der Waals surface area contributed by atoms with Crippen LogP contribution in [-0.4, -0.2) is 31.2 Å². The number of methoxy groups -OCH3 is 1. The molecule has 0 aromatic heterocycles. The molecule has 1 rings (SSSR count). The molecular formula is C10H11ClN2O5. The number of hydrogen-bond acceptors (Lipinski definition) is 5. The molecule has 0 spiro atoms. The lowest BCUT2D eigenvalue weighted by atomic mass is 10.2. The summed E-state index contributed by atoms with van der Waals surface area (Å²) in [5, 5.41) is 10.4. The number of nitro groups is 1. The molecule has 1 amide bonds. The van der Waals surface area contributed by atoms with E-state index in [1.165, 1.54) is 25.3 Å². The molecule has 0 unspecified atom stereocenters. The van der Waals surface area contributed by atoms with Crippen LogP contribution in [-0.2, 0) is 9.57 Å². The van der Waals surface area contributed by atoms with Gasteiger partial charge in [0.05, 0.1) is 23.7 Å².